The van der Waals surface area contributed by atoms with Gasteiger partial charge in [0.2, 0.25) is 0 Å². The molecule has 3 heteroatoms. The Balaban J connectivity index is 1.64. The van der Waals surface area contributed by atoms with Gasteiger partial charge in [0.25, 0.3) is 0 Å². The minimum absolute atomic E-state index is 0.304. The van der Waals surface area contributed by atoms with Crippen LogP contribution in [0.25, 0.3) is 11.1 Å². The minimum atomic E-state index is -0.320. The predicted octanol–water partition coefficient (Wildman–Crippen LogP) is 6.12. The van der Waals surface area contributed by atoms with Crippen molar-refractivity contribution in [1.82, 2.24) is 0 Å². The molecule has 2 unspecified atom stereocenters. The van der Waals surface area contributed by atoms with Gasteiger partial charge in [-0.15, -0.1) is 6.58 Å². The Labute approximate surface area is 155 Å². The number of halogens is 1. The van der Waals surface area contributed by atoms with E-state index in [1.165, 1.54) is 11.6 Å². The van der Waals surface area contributed by atoms with Crippen LogP contribution in [-0.2, 0) is 4.74 Å². The summed E-state index contributed by atoms with van der Waals surface area (Å²) in [4.78, 5) is 0. The molecule has 0 radical (unpaired) electrons. The molecule has 0 aromatic heterocycles. The van der Waals surface area contributed by atoms with E-state index < -0.39 is 0 Å². The lowest BCUT2D eigenvalue weighted by molar-refractivity contribution is -0.000171. The maximum atomic E-state index is 14.1. The fraction of sp³-hybridized carbons (Fsp3) is 0.391. The molecule has 2 aromatic rings. The van der Waals surface area contributed by atoms with Crippen LogP contribution < -0.4 is 4.74 Å². The first-order valence-corrected chi connectivity index (χ1v) is 9.46. The standard InChI is InChI=1S/C23H27FO2/c1-3-5-6-21-13-11-20(16-26-21)18-9-7-17(8-10-18)19-12-14-23(25-4-2)22(24)15-19/h3,7-10,12,14-15,20-21H,1,4-6,11,13,16H2,2H3. The molecule has 2 nitrogen and oxygen atoms in total. The average Bonchev–Trinajstić information content (AvgIpc) is 2.69. The summed E-state index contributed by atoms with van der Waals surface area (Å²) in [6.07, 6.45) is 6.66. The molecule has 2 atom stereocenters. The summed E-state index contributed by atoms with van der Waals surface area (Å²) in [5, 5.41) is 0. The van der Waals surface area contributed by atoms with Crippen molar-refractivity contribution in [3.05, 3.63) is 66.5 Å². The summed E-state index contributed by atoms with van der Waals surface area (Å²) in [5.41, 5.74) is 3.17. The highest BCUT2D eigenvalue weighted by Gasteiger charge is 2.22. The normalized spacial score (nSPS) is 19.9. The van der Waals surface area contributed by atoms with E-state index in [0.29, 0.717) is 24.4 Å². The molecular formula is C23H27FO2. The Morgan fingerprint density at radius 1 is 1.15 bits per heavy atom. The molecule has 0 bridgehead atoms. The molecule has 26 heavy (non-hydrogen) atoms. The van der Waals surface area contributed by atoms with Crippen molar-refractivity contribution in [2.45, 2.75) is 44.6 Å². The fourth-order valence-electron chi connectivity index (χ4n) is 3.50. The first-order chi connectivity index (χ1) is 12.7. The molecule has 1 saturated heterocycles. The van der Waals surface area contributed by atoms with E-state index >= 15 is 0 Å². The van der Waals surface area contributed by atoms with Crippen LogP contribution in [0.3, 0.4) is 0 Å². The molecule has 0 N–H and O–H groups in total. The molecule has 138 valence electrons. The van der Waals surface area contributed by atoms with E-state index in [2.05, 4.69) is 30.8 Å². The third-order valence-corrected chi connectivity index (χ3v) is 5.01. The summed E-state index contributed by atoms with van der Waals surface area (Å²) in [6, 6.07) is 13.5. The van der Waals surface area contributed by atoms with Gasteiger partial charge < -0.3 is 9.47 Å². The fourth-order valence-corrected chi connectivity index (χ4v) is 3.50. The van der Waals surface area contributed by atoms with E-state index in [9.17, 15) is 4.39 Å². The Morgan fingerprint density at radius 3 is 2.54 bits per heavy atom. The lowest BCUT2D eigenvalue weighted by Gasteiger charge is -2.29. The SMILES string of the molecule is C=CCCC1CCC(c2ccc(-c3ccc(OCC)c(F)c3)cc2)CO1. The first kappa shape index (κ1) is 18.7. The summed E-state index contributed by atoms with van der Waals surface area (Å²) >= 11 is 0. The second kappa shape index (κ2) is 9.00. The molecule has 2 aromatic carbocycles. The highest BCUT2D eigenvalue weighted by molar-refractivity contribution is 5.64. The Kier molecular flexibility index (Phi) is 6.45. The van der Waals surface area contributed by atoms with Crippen LogP contribution in [-0.4, -0.2) is 19.3 Å². The molecule has 0 saturated carbocycles. The molecular weight excluding hydrogens is 327 g/mol. The van der Waals surface area contributed by atoms with Crippen molar-refractivity contribution in [3.8, 4) is 16.9 Å². The monoisotopic (exact) mass is 354 g/mol. The number of hydrogen-bond donors (Lipinski definition) is 0. The number of benzene rings is 2. The predicted molar refractivity (Wildman–Crippen MR) is 104 cm³/mol. The lowest BCUT2D eigenvalue weighted by Crippen LogP contribution is -2.24. The maximum absolute atomic E-state index is 14.1. The highest BCUT2D eigenvalue weighted by Crippen LogP contribution is 2.32. The van der Waals surface area contributed by atoms with Gasteiger partial charge in [-0.05, 0) is 61.4 Å². The Hall–Kier alpha value is -2.13. The molecule has 1 fully saturated rings. The third-order valence-electron chi connectivity index (χ3n) is 5.01. The zero-order chi connectivity index (χ0) is 18.4. The van der Waals surface area contributed by atoms with Crippen LogP contribution in [0, 0.1) is 5.82 Å². The van der Waals surface area contributed by atoms with Crippen molar-refractivity contribution in [1.29, 1.82) is 0 Å². The van der Waals surface area contributed by atoms with E-state index in [1.807, 2.05) is 19.1 Å². The van der Waals surface area contributed by atoms with Crippen molar-refractivity contribution < 1.29 is 13.9 Å². The molecule has 0 aliphatic carbocycles. The summed E-state index contributed by atoms with van der Waals surface area (Å²) < 4.78 is 25.3. The van der Waals surface area contributed by atoms with Crippen LogP contribution in [0.2, 0.25) is 0 Å². The lowest BCUT2D eigenvalue weighted by atomic mass is 9.89. The molecule has 1 aliphatic heterocycles. The minimum Gasteiger partial charge on any atom is -0.491 e. The molecule has 0 spiro atoms. The smallest absolute Gasteiger partial charge is 0.165 e. The van der Waals surface area contributed by atoms with Crippen LogP contribution in [0.1, 0.15) is 44.1 Å². The third kappa shape index (κ3) is 4.53. The summed E-state index contributed by atoms with van der Waals surface area (Å²) in [7, 11) is 0. The van der Waals surface area contributed by atoms with Crippen LogP contribution in [0.5, 0.6) is 5.75 Å². The van der Waals surface area contributed by atoms with Crippen molar-refractivity contribution in [2.75, 3.05) is 13.2 Å². The van der Waals surface area contributed by atoms with Gasteiger partial charge in [0.15, 0.2) is 11.6 Å². The van der Waals surface area contributed by atoms with Gasteiger partial charge in [0.05, 0.1) is 19.3 Å². The zero-order valence-corrected chi connectivity index (χ0v) is 15.4. The molecule has 1 aliphatic rings. The van der Waals surface area contributed by atoms with E-state index in [4.69, 9.17) is 9.47 Å². The second-order valence-electron chi connectivity index (χ2n) is 6.80. The van der Waals surface area contributed by atoms with Gasteiger partial charge in [-0.2, -0.15) is 0 Å². The first-order valence-electron chi connectivity index (χ1n) is 9.46. The number of hydrogen-bond acceptors (Lipinski definition) is 2. The van der Waals surface area contributed by atoms with Crippen LogP contribution in [0.4, 0.5) is 4.39 Å². The Bertz CT molecular complexity index is 715. The highest BCUT2D eigenvalue weighted by atomic mass is 19.1. The van der Waals surface area contributed by atoms with E-state index in [-0.39, 0.29) is 5.82 Å². The second-order valence-corrected chi connectivity index (χ2v) is 6.80. The molecule has 3 rings (SSSR count). The van der Waals surface area contributed by atoms with Crippen LogP contribution in [0.15, 0.2) is 55.1 Å². The van der Waals surface area contributed by atoms with Gasteiger partial charge in [-0.25, -0.2) is 4.39 Å². The molecule has 1 heterocycles. The van der Waals surface area contributed by atoms with E-state index in [0.717, 1.165) is 43.4 Å². The zero-order valence-electron chi connectivity index (χ0n) is 15.4. The van der Waals surface area contributed by atoms with E-state index in [1.54, 1.807) is 6.07 Å². The quantitative estimate of drug-likeness (QED) is 0.558. The van der Waals surface area contributed by atoms with Gasteiger partial charge in [-0.3, -0.25) is 0 Å². The molecule has 0 amide bonds. The van der Waals surface area contributed by atoms with Gasteiger partial charge in [0, 0.05) is 5.92 Å². The van der Waals surface area contributed by atoms with Gasteiger partial charge in [0.1, 0.15) is 0 Å². The van der Waals surface area contributed by atoms with Crippen molar-refractivity contribution >= 4 is 0 Å². The number of allylic oxidation sites excluding steroid dienone is 1. The summed E-state index contributed by atoms with van der Waals surface area (Å²) in [6.45, 7) is 6.86. The van der Waals surface area contributed by atoms with Crippen LogP contribution >= 0.6 is 0 Å². The van der Waals surface area contributed by atoms with Crippen molar-refractivity contribution in [3.63, 3.8) is 0 Å². The van der Waals surface area contributed by atoms with Gasteiger partial charge in [-0.1, -0.05) is 36.4 Å². The van der Waals surface area contributed by atoms with Crippen molar-refractivity contribution in [2.24, 2.45) is 0 Å². The average molecular weight is 354 g/mol. The topological polar surface area (TPSA) is 18.5 Å². The number of rotatable bonds is 7. The van der Waals surface area contributed by atoms with Gasteiger partial charge >= 0.3 is 0 Å². The number of ether oxygens (including phenoxy) is 2. The summed E-state index contributed by atoms with van der Waals surface area (Å²) in [5.74, 6) is 0.430. The Morgan fingerprint density at radius 2 is 1.92 bits per heavy atom. The largest absolute Gasteiger partial charge is 0.491 e. The maximum Gasteiger partial charge on any atom is 0.165 e.